The van der Waals surface area contributed by atoms with Crippen LogP contribution in [-0.4, -0.2) is 25.3 Å². The van der Waals surface area contributed by atoms with E-state index in [1.165, 1.54) is 11.1 Å². The number of rotatable bonds is 4. The molecule has 3 atom stereocenters. The topological polar surface area (TPSA) is 60.1 Å². The van der Waals surface area contributed by atoms with Crippen LogP contribution in [0.25, 0.3) is 0 Å². The van der Waals surface area contributed by atoms with E-state index >= 15 is 0 Å². The molecule has 2 heterocycles. The van der Waals surface area contributed by atoms with Crippen molar-refractivity contribution in [2.24, 2.45) is 0 Å². The van der Waals surface area contributed by atoms with Gasteiger partial charge in [-0.3, -0.25) is 10.1 Å². The molecule has 0 saturated carbocycles. The maximum absolute atomic E-state index is 9.60. The number of carbonyl (C=O) groups excluding carboxylic acids is 1. The Kier molecular flexibility index (Phi) is 5.03. The Balaban J connectivity index is 0.000000242. The first kappa shape index (κ1) is 18.4. The average Bonchev–Trinajstić information content (AvgIpc) is 3.20. The summed E-state index contributed by atoms with van der Waals surface area (Å²) in [6.07, 6.45) is 0.253. The molecule has 26 heavy (non-hydrogen) atoms. The summed E-state index contributed by atoms with van der Waals surface area (Å²) in [6.45, 7) is 5.92. The van der Waals surface area contributed by atoms with Gasteiger partial charge < -0.3 is 14.2 Å². The van der Waals surface area contributed by atoms with Crippen molar-refractivity contribution in [3.63, 3.8) is 0 Å². The molecule has 4 rings (SSSR count). The molecule has 1 unspecified atom stereocenters. The quantitative estimate of drug-likeness (QED) is 0.671. The largest absolute Gasteiger partial charge is 0.497 e. The predicted octanol–water partition coefficient (Wildman–Crippen LogP) is 3.55. The second-order valence-electron chi connectivity index (χ2n) is 7.36. The first-order chi connectivity index (χ1) is 12.4. The Morgan fingerprint density at radius 2 is 1.73 bits per heavy atom. The molecule has 2 fully saturated rings. The highest BCUT2D eigenvalue weighted by molar-refractivity contribution is 5.41. The molecule has 0 amide bonds. The highest BCUT2D eigenvalue weighted by atomic mass is 16.6. The van der Waals surface area contributed by atoms with Gasteiger partial charge in [-0.1, -0.05) is 42.5 Å². The molecule has 1 N–H and O–H groups in total. The van der Waals surface area contributed by atoms with Crippen molar-refractivity contribution in [3.8, 4) is 5.75 Å². The Morgan fingerprint density at radius 1 is 1.08 bits per heavy atom. The van der Waals surface area contributed by atoms with Crippen LogP contribution in [0.5, 0.6) is 5.75 Å². The fourth-order valence-electron chi connectivity index (χ4n) is 3.01. The zero-order valence-electron chi connectivity index (χ0n) is 15.6. The summed E-state index contributed by atoms with van der Waals surface area (Å²) in [5.74, 6) is 0.872. The number of hydrogen-bond acceptors (Lipinski definition) is 5. The van der Waals surface area contributed by atoms with Crippen molar-refractivity contribution in [1.29, 1.82) is 0 Å². The predicted molar refractivity (Wildman–Crippen MR) is 98.8 cm³/mol. The van der Waals surface area contributed by atoms with Crippen molar-refractivity contribution in [2.75, 3.05) is 7.11 Å². The first-order valence-electron chi connectivity index (χ1n) is 8.66. The lowest BCUT2D eigenvalue weighted by Crippen LogP contribution is -2.49. The van der Waals surface area contributed by atoms with E-state index in [2.05, 4.69) is 46.5 Å². The standard InChI is InChI=1S/C16H15NO2.C5H10O2/c1-18-13-9-7-12(8-10-13)16-15(19-16)14(17-16)11-5-3-2-4-6-11;1-5(2,3)7-4-6/h2-10,14-15,17H,1H3;4H,1-3H3/t14-,15-,16?;/m0./s1. The van der Waals surface area contributed by atoms with Gasteiger partial charge in [0.05, 0.1) is 13.2 Å². The number of methoxy groups -OCH3 is 1. The van der Waals surface area contributed by atoms with E-state index in [0.29, 0.717) is 12.5 Å². The summed E-state index contributed by atoms with van der Waals surface area (Å²) in [6, 6.07) is 18.8. The van der Waals surface area contributed by atoms with E-state index < -0.39 is 0 Å². The summed E-state index contributed by atoms with van der Waals surface area (Å²) in [4.78, 5) is 9.60. The van der Waals surface area contributed by atoms with Crippen molar-refractivity contribution in [2.45, 2.75) is 44.2 Å². The highest BCUT2D eigenvalue weighted by Gasteiger charge is 2.71. The van der Waals surface area contributed by atoms with Crippen LogP contribution >= 0.6 is 0 Å². The van der Waals surface area contributed by atoms with E-state index in [-0.39, 0.29) is 17.4 Å². The van der Waals surface area contributed by atoms with Crippen molar-refractivity contribution in [3.05, 3.63) is 65.7 Å². The van der Waals surface area contributed by atoms with Gasteiger partial charge in [0.25, 0.3) is 6.47 Å². The summed E-state index contributed by atoms with van der Waals surface area (Å²) < 4.78 is 15.6. The van der Waals surface area contributed by atoms with E-state index in [1.54, 1.807) is 7.11 Å². The minimum atomic E-state index is -0.318. The smallest absolute Gasteiger partial charge is 0.293 e. The highest BCUT2D eigenvalue weighted by Crippen LogP contribution is 2.59. The zero-order valence-corrected chi connectivity index (χ0v) is 15.6. The second-order valence-corrected chi connectivity index (χ2v) is 7.36. The number of ether oxygens (including phenoxy) is 3. The molecule has 2 aliphatic rings. The maximum atomic E-state index is 9.60. The number of carbonyl (C=O) groups is 1. The SMILES string of the molecule is CC(C)(C)OC=O.COc1ccc(C23N[C@@H](c4ccccc4)[C@@H]2O3)cc1. The molecule has 5 heteroatoms. The fraction of sp³-hybridized carbons (Fsp3) is 0.381. The van der Waals surface area contributed by atoms with Crippen LogP contribution in [0.4, 0.5) is 0 Å². The molecule has 0 bridgehead atoms. The first-order valence-corrected chi connectivity index (χ1v) is 8.66. The molecule has 2 aromatic carbocycles. The van der Waals surface area contributed by atoms with Crippen LogP contribution in [0.3, 0.4) is 0 Å². The molecular weight excluding hydrogens is 330 g/mol. The molecule has 0 spiro atoms. The third-order valence-corrected chi connectivity index (χ3v) is 4.41. The molecule has 5 nitrogen and oxygen atoms in total. The van der Waals surface area contributed by atoms with Gasteiger partial charge >= 0.3 is 0 Å². The van der Waals surface area contributed by atoms with Crippen LogP contribution in [0.2, 0.25) is 0 Å². The molecule has 0 aromatic heterocycles. The minimum absolute atomic E-state index is 0.253. The van der Waals surface area contributed by atoms with Crippen LogP contribution in [-0.2, 0) is 20.0 Å². The lowest BCUT2D eigenvalue weighted by atomic mass is 9.86. The van der Waals surface area contributed by atoms with Crippen molar-refractivity contribution in [1.82, 2.24) is 5.32 Å². The normalized spacial score (nSPS) is 25.7. The lowest BCUT2D eigenvalue weighted by molar-refractivity contribution is -0.138. The molecule has 2 aromatic rings. The Bertz CT molecular complexity index is 739. The van der Waals surface area contributed by atoms with Gasteiger partial charge in [0, 0.05) is 5.56 Å². The molecule has 2 saturated heterocycles. The van der Waals surface area contributed by atoms with E-state index in [1.807, 2.05) is 39.0 Å². The van der Waals surface area contributed by atoms with E-state index in [9.17, 15) is 4.79 Å². The number of benzene rings is 2. The van der Waals surface area contributed by atoms with Crippen LogP contribution in [0.1, 0.15) is 37.9 Å². The minimum Gasteiger partial charge on any atom is -0.497 e. The summed E-state index contributed by atoms with van der Waals surface area (Å²) in [5.41, 5.74) is 1.88. The van der Waals surface area contributed by atoms with Crippen LogP contribution in [0.15, 0.2) is 54.6 Å². The van der Waals surface area contributed by atoms with Gasteiger partial charge in [0.2, 0.25) is 0 Å². The monoisotopic (exact) mass is 355 g/mol. The van der Waals surface area contributed by atoms with Gasteiger partial charge in [-0.05, 0) is 38.5 Å². The third kappa shape index (κ3) is 3.74. The lowest BCUT2D eigenvalue weighted by Gasteiger charge is -2.32. The molecule has 2 aliphatic heterocycles. The van der Waals surface area contributed by atoms with Crippen LogP contribution in [0, 0.1) is 0 Å². The molecule has 138 valence electrons. The van der Waals surface area contributed by atoms with Gasteiger partial charge in [-0.25, -0.2) is 0 Å². The fourth-order valence-corrected chi connectivity index (χ4v) is 3.01. The van der Waals surface area contributed by atoms with E-state index in [0.717, 1.165) is 5.75 Å². The summed E-state index contributed by atoms with van der Waals surface area (Å²) in [7, 11) is 1.68. The molecule has 0 aliphatic carbocycles. The molecular formula is C21H25NO4. The third-order valence-electron chi connectivity index (χ3n) is 4.41. The number of fused-ring (bicyclic) bond motifs is 1. The number of epoxide rings is 1. The van der Waals surface area contributed by atoms with Gasteiger partial charge in [-0.15, -0.1) is 0 Å². The maximum Gasteiger partial charge on any atom is 0.293 e. The Labute approximate surface area is 154 Å². The number of nitrogens with one attached hydrogen (secondary N) is 1. The summed E-state index contributed by atoms with van der Waals surface area (Å²) >= 11 is 0. The van der Waals surface area contributed by atoms with Crippen LogP contribution < -0.4 is 10.1 Å². The molecule has 0 radical (unpaired) electrons. The number of hydrogen-bond donors (Lipinski definition) is 1. The van der Waals surface area contributed by atoms with Crippen molar-refractivity contribution < 1.29 is 19.0 Å². The van der Waals surface area contributed by atoms with E-state index in [4.69, 9.17) is 9.47 Å². The van der Waals surface area contributed by atoms with Gasteiger partial charge in [-0.2, -0.15) is 0 Å². The summed E-state index contributed by atoms with van der Waals surface area (Å²) in [5, 5.41) is 3.54. The zero-order chi connectivity index (χ0) is 18.8. The second kappa shape index (κ2) is 7.09. The Morgan fingerprint density at radius 3 is 2.19 bits per heavy atom. The average molecular weight is 355 g/mol. The van der Waals surface area contributed by atoms with Gasteiger partial charge in [0.1, 0.15) is 17.5 Å². The Hall–Kier alpha value is -2.37. The van der Waals surface area contributed by atoms with Crippen molar-refractivity contribution >= 4 is 6.47 Å². The van der Waals surface area contributed by atoms with Gasteiger partial charge in [0.15, 0.2) is 5.72 Å².